The van der Waals surface area contributed by atoms with Gasteiger partial charge < -0.3 is 5.11 Å². The molecular formula is C13H14N2O3. The van der Waals surface area contributed by atoms with Crippen LogP contribution in [0.3, 0.4) is 0 Å². The molecule has 0 amide bonds. The lowest BCUT2D eigenvalue weighted by Crippen LogP contribution is -2.15. The molecule has 5 heteroatoms. The van der Waals surface area contributed by atoms with Gasteiger partial charge in [0.15, 0.2) is 0 Å². The van der Waals surface area contributed by atoms with Crippen LogP contribution in [-0.4, -0.2) is 21.3 Å². The highest BCUT2D eigenvalue weighted by molar-refractivity contribution is 5.79. The van der Waals surface area contributed by atoms with Crippen molar-refractivity contribution < 1.29 is 9.90 Å². The number of rotatable bonds is 4. The van der Waals surface area contributed by atoms with E-state index in [2.05, 4.69) is 10.2 Å². The van der Waals surface area contributed by atoms with Gasteiger partial charge >= 0.3 is 5.97 Å². The van der Waals surface area contributed by atoms with Gasteiger partial charge in [0.25, 0.3) is 0 Å². The maximum absolute atomic E-state index is 12.1. The summed E-state index contributed by atoms with van der Waals surface area (Å²) in [6, 6.07) is 5.60. The fourth-order valence-electron chi connectivity index (χ4n) is 1.83. The van der Waals surface area contributed by atoms with Crippen LogP contribution in [0.1, 0.15) is 24.6 Å². The highest BCUT2D eigenvalue weighted by Gasteiger charge is 2.09. The number of aromatic amines is 1. The number of nitrogens with one attached hydrogen (secondary N) is 1. The number of fused-ring (bicyclic) bond motifs is 1. The van der Waals surface area contributed by atoms with Crippen LogP contribution in [0.2, 0.25) is 0 Å². The first-order valence-electron chi connectivity index (χ1n) is 5.83. The van der Waals surface area contributed by atoms with Gasteiger partial charge in [0.05, 0.1) is 11.9 Å². The molecule has 0 aliphatic carbocycles. The Morgan fingerprint density at radius 1 is 1.44 bits per heavy atom. The van der Waals surface area contributed by atoms with E-state index in [1.54, 1.807) is 0 Å². The van der Waals surface area contributed by atoms with Crippen molar-refractivity contribution in [2.75, 3.05) is 0 Å². The van der Waals surface area contributed by atoms with Crippen molar-refractivity contribution in [3.8, 4) is 0 Å². The number of carboxylic acid groups (broad SMARTS) is 1. The van der Waals surface area contributed by atoms with Crippen LogP contribution in [0, 0.1) is 0 Å². The third-order valence-corrected chi connectivity index (χ3v) is 2.89. The molecule has 2 rings (SSSR count). The number of aryl methyl sites for hydroxylation is 2. The quantitative estimate of drug-likeness (QED) is 0.856. The Morgan fingerprint density at radius 3 is 2.89 bits per heavy atom. The highest BCUT2D eigenvalue weighted by Crippen LogP contribution is 2.11. The first kappa shape index (κ1) is 12.3. The lowest BCUT2D eigenvalue weighted by atomic mass is 10.1. The van der Waals surface area contributed by atoms with Crippen molar-refractivity contribution in [3.63, 3.8) is 0 Å². The number of hydrogen-bond donors (Lipinski definition) is 2. The van der Waals surface area contributed by atoms with Crippen molar-refractivity contribution in [1.29, 1.82) is 0 Å². The highest BCUT2D eigenvalue weighted by atomic mass is 16.4. The molecule has 0 saturated carbocycles. The lowest BCUT2D eigenvalue weighted by Gasteiger charge is -2.03. The van der Waals surface area contributed by atoms with Crippen molar-refractivity contribution in [3.05, 3.63) is 39.7 Å². The van der Waals surface area contributed by atoms with Gasteiger partial charge in [-0.3, -0.25) is 14.7 Å². The standard InChI is InChI=1S/C13H14N2O3/c1-2-8-3-4-10-9(7-8)13(18)11(15-14-10)5-6-12(16)17/h3-4,7H,2,5-6H2,1H3,(H,14,18)(H,16,17). The molecule has 18 heavy (non-hydrogen) atoms. The second-order valence-electron chi connectivity index (χ2n) is 4.13. The SMILES string of the molecule is CCc1ccc2[nH]nc(CCC(=O)O)c(=O)c2c1. The zero-order valence-corrected chi connectivity index (χ0v) is 10.1. The van der Waals surface area contributed by atoms with Gasteiger partial charge in [-0.15, -0.1) is 0 Å². The molecule has 1 aromatic heterocycles. The monoisotopic (exact) mass is 246 g/mol. The second-order valence-corrected chi connectivity index (χ2v) is 4.13. The van der Waals surface area contributed by atoms with Crippen molar-refractivity contribution in [2.45, 2.75) is 26.2 Å². The van der Waals surface area contributed by atoms with Gasteiger partial charge in [0.1, 0.15) is 5.69 Å². The van der Waals surface area contributed by atoms with E-state index < -0.39 is 5.97 Å². The molecule has 0 saturated heterocycles. The summed E-state index contributed by atoms with van der Waals surface area (Å²) in [4.78, 5) is 22.6. The zero-order valence-electron chi connectivity index (χ0n) is 10.1. The van der Waals surface area contributed by atoms with Gasteiger partial charge in [-0.2, -0.15) is 5.10 Å². The van der Waals surface area contributed by atoms with E-state index >= 15 is 0 Å². The average molecular weight is 246 g/mol. The number of carboxylic acids is 1. The maximum Gasteiger partial charge on any atom is 0.303 e. The van der Waals surface area contributed by atoms with Gasteiger partial charge in [-0.1, -0.05) is 13.0 Å². The molecule has 0 fully saturated rings. The van der Waals surface area contributed by atoms with E-state index in [9.17, 15) is 9.59 Å². The van der Waals surface area contributed by atoms with E-state index in [1.807, 2.05) is 25.1 Å². The Labute approximate surface area is 103 Å². The summed E-state index contributed by atoms with van der Waals surface area (Å²) in [6.07, 6.45) is 0.911. The molecule has 1 heterocycles. The van der Waals surface area contributed by atoms with Crippen LogP contribution in [-0.2, 0) is 17.6 Å². The van der Waals surface area contributed by atoms with Crippen LogP contribution < -0.4 is 5.43 Å². The summed E-state index contributed by atoms with van der Waals surface area (Å²) >= 11 is 0. The molecule has 0 aliphatic rings. The molecule has 0 spiro atoms. The Bertz CT molecular complexity index is 646. The zero-order chi connectivity index (χ0) is 13.1. The minimum atomic E-state index is -0.932. The Morgan fingerprint density at radius 2 is 2.22 bits per heavy atom. The number of aromatic nitrogens is 2. The first-order valence-corrected chi connectivity index (χ1v) is 5.83. The van der Waals surface area contributed by atoms with E-state index in [0.29, 0.717) is 10.9 Å². The lowest BCUT2D eigenvalue weighted by molar-refractivity contribution is -0.136. The maximum atomic E-state index is 12.1. The average Bonchev–Trinajstić information content (AvgIpc) is 2.37. The molecule has 94 valence electrons. The number of H-pyrrole nitrogens is 1. The molecule has 0 atom stereocenters. The Kier molecular flexibility index (Phi) is 3.41. The molecule has 0 aliphatic heterocycles. The second kappa shape index (κ2) is 5.00. The molecule has 0 unspecified atom stereocenters. The van der Waals surface area contributed by atoms with Crippen molar-refractivity contribution in [2.24, 2.45) is 0 Å². The fraction of sp³-hybridized carbons (Fsp3) is 0.308. The summed E-state index contributed by atoms with van der Waals surface area (Å²) in [5, 5.41) is 15.9. The Balaban J connectivity index is 2.48. The molecule has 0 bridgehead atoms. The minimum absolute atomic E-state index is 0.0882. The number of benzene rings is 1. The minimum Gasteiger partial charge on any atom is -0.481 e. The molecular weight excluding hydrogens is 232 g/mol. The first-order chi connectivity index (χ1) is 8.61. The van der Waals surface area contributed by atoms with E-state index in [-0.39, 0.29) is 24.0 Å². The van der Waals surface area contributed by atoms with Crippen LogP contribution >= 0.6 is 0 Å². The van der Waals surface area contributed by atoms with E-state index in [0.717, 1.165) is 12.0 Å². The molecule has 2 aromatic rings. The largest absolute Gasteiger partial charge is 0.481 e. The van der Waals surface area contributed by atoms with E-state index in [4.69, 9.17) is 5.11 Å². The molecule has 2 N–H and O–H groups in total. The molecule has 5 nitrogen and oxygen atoms in total. The predicted octanol–water partition coefficient (Wildman–Crippen LogP) is 1.50. The third kappa shape index (κ3) is 2.40. The molecule has 1 aromatic carbocycles. The van der Waals surface area contributed by atoms with E-state index in [1.165, 1.54) is 0 Å². The summed E-state index contributed by atoms with van der Waals surface area (Å²) in [7, 11) is 0. The predicted molar refractivity (Wildman–Crippen MR) is 67.7 cm³/mol. The van der Waals surface area contributed by atoms with Crippen LogP contribution in [0.5, 0.6) is 0 Å². The van der Waals surface area contributed by atoms with Gasteiger partial charge in [-0.05, 0) is 24.1 Å². The van der Waals surface area contributed by atoms with Crippen molar-refractivity contribution in [1.82, 2.24) is 10.2 Å². The van der Waals surface area contributed by atoms with Gasteiger partial charge in [-0.25, -0.2) is 0 Å². The number of hydrogen-bond acceptors (Lipinski definition) is 3. The summed E-state index contributed by atoms with van der Waals surface area (Å²) in [6.45, 7) is 2.02. The van der Waals surface area contributed by atoms with Crippen LogP contribution in [0.25, 0.3) is 10.9 Å². The normalized spacial score (nSPS) is 10.7. The number of nitrogens with zero attached hydrogens (tertiary/aromatic N) is 1. The van der Waals surface area contributed by atoms with Crippen LogP contribution in [0.15, 0.2) is 23.0 Å². The summed E-state index contributed by atoms with van der Waals surface area (Å²) < 4.78 is 0. The number of carbonyl (C=O) groups is 1. The summed E-state index contributed by atoms with van der Waals surface area (Å²) in [5.41, 5.74) is 1.85. The third-order valence-electron chi connectivity index (χ3n) is 2.89. The smallest absolute Gasteiger partial charge is 0.303 e. The van der Waals surface area contributed by atoms with Crippen LogP contribution in [0.4, 0.5) is 0 Å². The van der Waals surface area contributed by atoms with Gasteiger partial charge in [0, 0.05) is 11.8 Å². The van der Waals surface area contributed by atoms with Crippen molar-refractivity contribution >= 4 is 16.9 Å². The van der Waals surface area contributed by atoms with Gasteiger partial charge in [0.2, 0.25) is 5.43 Å². The summed E-state index contributed by atoms with van der Waals surface area (Å²) in [5.74, 6) is -0.932. The topological polar surface area (TPSA) is 83.1 Å². The fourth-order valence-corrected chi connectivity index (χ4v) is 1.83. The Hall–Kier alpha value is -2.17. The number of aliphatic carboxylic acids is 1. The molecule has 0 radical (unpaired) electrons.